The molecule has 1 aromatic rings. The van der Waals surface area contributed by atoms with Gasteiger partial charge in [-0.25, -0.2) is 0 Å². The lowest BCUT2D eigenvalue weighted by atomic mass is 9.82. The molecule has 1 aliphatic carbocycles. The van der Waals surface area contributed by atoms with Crippen LogP contribution in [0.2, 0.25) is 0 Å². The summed E-state index contributed by atoms with van der Waals surface area (Å²) in [7, 11) is 0. The van der Waals surface area contributed by atoms with E-state index >= 15 is 0 Å². The van der Waals surface area contributed by atoms with E-state index in [1.807, 2.05) is 0 Å². The van der Waals surface area contributed by atoms with Gasteiger partial charge in [-0.05, 0) is 68.7 Å². The largest absolute Gasteiger partial charge is 0.493 e. The molecule has 2 aliphatic heterocycles. The first kappa shape index (κ1) is 15.5. The molecule has 0 aromatic heterocycles. The lowest BCUT2D eigenvalue weighted by Crippen LogP contribution is -2.43. The SMILES string of the molecule is CC(C1CCCCC1)N1CCC(c2cccc3c2OCC3)CC1. The summed E-state index contributed by atoms with van der Waals surface area (Å²) in [6, 6.07) is 7.58. The predicted octanol–water partition coefficient (Wildman–Crippen LogP) is 4.77. The molecule has 2 fully saturated rings. The molecular formula is C21H31NO. The van der Waals surface area contributed by atoms with Gasteiger partial charge in [0.05, 0.1) is 6.61 Å². The molecule has 126 valence electrons. The standard InChI is InChI=1S/C21H31NO/c1-16(17-6-3-2-4-7-17)22-13-10-18(11-14-22)20-9-5-8-19-12-15-23-21(19)20/h5,8-9,16-18H,2-4,6-7,10-15H2,1H3. The van der Waals surface area contributed by atoms with Crippen molar-refractivity contribution in [1.29, 1.82) is 0 Å². The molecule has 1 saturated carbocycles. The van der Waals surface area contributed by atoms with Crippen LogP contribution in [0, 0.1) is 5.92 Å². The zero-order chi connectivity index (χ0) is 15.6. The lowest BCUT2D eigenvalue weighted by Gasteiger charge is -2.41. The van der Waals surface area contributed by atoms with E-state index in [0.29, 0.717) is 5.92 Å². The lowest BCUT2D eigenvalue weighted by molar-refractivity contribution is 0.101. The number of hydrogen-bond acceptors (Lipinski definition) is 2. The van der Waals surface area contributed by atoms with Gasteiger partial charge in [-0.1, -0.05) is 37.5 Å². The van der Waals surface area contributed by atoms with E-state index < -0.39 is 0 Å². The number of rotatable bonds is 3. The Labute approximate surface area is 141 Å². The van der Waals surface area contributed by atoms with Gasteiger partial charge in [0.2, 0.25) is 0 Å². The van der Waals surface area contributed by atoms with Crippen molar-refractivity contribution >= 4 is 0 Å². The third kappa shape index (κ3) is 3.15. The summed E-state index contributed by atoms with van der Waals surface area (Å²) in [5, 5.41) is 0. The average Bonchev–Trinajstić information content (AvgIpc) is 3.11. The Bertz CT molecular complexity index is 527. The van der Waals surface area contributed by atoms with E-state index in [4.69, 9.17) is 4.74 Å². The maximum absolute atomic E-state index is 5.94. The van der Waals surface area contributed by atoms with E-state index in [9.17, 15) is 0 Å². The van der Waals surface area contributed by atoms with E-state index in [1.54, 1.807) is 0 Å². The molecular weight excluding hydrogens is 282 g/mol. The molecule has 2 heterocycles. The van der Waals surface area contributed by atoms with Crippen LogP contribution in [-0.2, 0) is 6.42 Å². The summed E-state index contributed by atoms with van der Waals surface area (Å²) in [5.41, 5.74) is 2.92. The second-order valence-electron chi connectivity index (χ2n) is 7.88. The predicted molar refractivity (Wildman–Crippen MR) is 95.2 cm³/mol. The summed E-state index contributed by atoms with van der Waals surface area (Å²) >= 11 is 0. The van der Waals surface area contributed by atoms with Crippen LogP contribution < -0.4 is 4.74 Å². The monoisotopic (exact) mass is 313 g/mol. The smallest absolute Gasteiger partial charge is 0.126 e. The molecule has 2 heteroatoms. The van der Waals surface area contributed by atoms with E-state index in [0.717, 1.165) is 25.0 Å². The fourth-order valence-corrected chi connectivity index (χ4v) is 5.09. The maximum Gasteiger partial charge on any atom is 0.126 e. The third-order valence-electron chi connectivity index (χ3n) is 6.62. The van der Waals surface area contributed by atoms with Crippen LogP contribution >= 0.6 is 0 Å². The third-order valence-corrected chi connectivity index (χ3v) is 6.62. The second kappa shape index (κ2) is 6.84. The molecule has 0 N–H and O–H groups in total. The van der Waals surface area contributed by atoms with Crippen LogP contribution in [0.1, 0.15) is 68.9 Å². The van der Waals surface area contributed by atoms with Gasteiger partial charge in [0.1, 0.15) is 5.75 Å². The van der Waals surface area contributed by atoms with E-state index in [2.05, 4.69) is 30.0 Å². The van der Waals surface area contributed by atoms with Crippen LogP contribution in [0.3, 0.4) is 0 Å². The van der Waals surface area contributed by atoms with Crippen LogP contribution in [0.15, 0.2) is 18.2 Å². The minimum Gasteiger partial charge on any atom is -0.493 e. The molecule has 1 aromatic carbocycles. The Morgan fingerprint density at radius 3 is 2.61 bits per heavy atom. The number of fused-ring (bicyclic) bond motifs is 1. The number of para-hydroxylation sites is 1. The zero-order valence-corrected chi connectivity index (χ0v) is 14.6. The molecule has 0 bridgehead atoms. The molecule has 1 unspecified atom stereocenters. The number of nitrogens with zero attached hydrogens (tertiary/aromatic N) is 1. The van der Waals surface area contributed by atoms with Crippen molar-refractivity contribution in [2.45, 2.75) is 70.3 Å². The fraction of sp³-hybridized carbons (Fsp3) is 0.714. The maximum atomic E-state index is 5.94. The molecule has 2 nitrogen and oxygen atoms in total. The highest BCUT2D eigenvalue weighted by atomic mass is 16.5. The van der Waals surface area contributed by atoms with Crippen LogP contribution in [0.4, 0.5) is 0 Å². The van der Waals surface area contributed by atoms with Gasteiger partial charge >= 0.3 is 0 Å². The molecule has 1 saturated heterocycles. The number of benzene rings is 1. The summed E-state index contributed by atoms with van der Waals surface area (Å²) in [6.07, 6.45) is 11.0. The summed E-state index contributed by atoms with van der Waals surface area (Å²) in [5.74, 6) is 2.88. The first-order valence-electron chi connectivity index (χ1n) is 9.81. The Hall–Kier alpha value is -1.02. The van der Waals surface area contributed by atoms with Gasteiger partial charge in [0, 0.05) is 12.5 Å². The minimum atomic E-state index is 0.706. The van der Waals surface area contributed by atoms with Crippen molar-refractivity contribution in [3.05, 3.63) is 29.3 Å². The Morgan fingerprint density at radius 1 is 1.04 bits per heavy atom. The van der Waals surface area contributed by atoms with Crippen molar-refractivity contribution in [1.82, 2.24) is 4.90 Å². The molecule has 4 rings (SSSR count). The van der Waals surface area contributed by atoms with Gasteiger partial charge in [-0.15, -0.1) is 0 Å². The minimum absolute atomic E-state index is 0.706. The first-order valence-corrected chi connectivity index (χ1v) is 9.81. The molecule has 23 heavy (non-hydrogen) atoms. The second-order valence-corrected chi connectivity index (χ2v) is 7.88. The van der Waals surface area contributed by atoms with E-state index in [-0.39, 0.29) is 0 Å². The van der Waals surface area contributed by atoms with Gasteiger partial charge in [0.15, 0.2) is 0 Å². The van der Waals surface area contributed by atoms with Crippen molar-refractivity contribution in [2.24, 2.45) is 5.92 Å². The highest BCUT2D eigenvalue weighted by molar-refractivity contribution is 5.46. The van der Waals surface area contributed by atoms with Crippen molar-refractivity contribution in [2.75, 3.05) is 19.7 Å². The van der Waals surface area contributed by atoms with E-state index in [1.165, 1.54) is 74.9 Å². The van der Waals surface area contributed by atoms with Gasteiger partial charge in [-0.2, -0.15) is 0 Å². The van der Waals surface area contributed by atoms with Crippen molar-refractivity contribution < 1.29 is 4.74 Å². The van der Waals surface area contributed by atoms with Crippen molar-refractivity contribution in [3.8, 4) is 5.75 Å². The Morgan fingerprint density at radius 2 is 1.83 bits per heavy atom. The average molecular weight is 313 g/mol. The molecule has 3 aliphatic rings. The number of hydrogen-bond donors (Lipinski definition) is 0. The molecule has 0 radical (unpaired) electrons. The van der Waals surface area contributed by atoms with Gasteiger partial charge in [-0.3, -0.25) is 0 Å². The molecule has 1 atom stereocenters. The fourth-order valence-electron chi connectivity index (χ4n) is 5.09. The van der Waals surface area contributed by atoms with Crippen LogP contribution in [-0.4, -0.2) is 30.6 Å². The highest BCUT2D eigenvalue weighted by Gasteiger charge is 2.30. The highest BCUT2D eigenvalue weighted by Crippen LogP contribution is 2.40. The number of ether oxygens (including phenoxy) is 1. The van der Waals surface area contributed by atoms with Gasteiger partial charge < -0.3 is 9.64 Å². The summed E-state index contributed by atoms with van der Waals surface area (Å²) < 4.78 is 5.94. The summed E-state index contributed by atoms with van der Waals surface area (Å²) in [4.78, 5) is 2.77. The van der Waals surface area contributed by atoms with Crippen LogP contribution in [0.5, 0.6) is 5.75 Å². The van der Waals surface area contributed by atoms with Crippen molar-refractivity contribution in [3.63, 3.8) is 0 Å². The molecule has 0 amide bonds. The number of piperidine rings is 1. The Kier molecular flexibility index (Phi) is 4.61. The quantitative estimate of drug-likeness (QED) is 0.797. The first-order chi connectivity index (χ1) is 11.3. The van der Waals surface area contributed by atoms with Crippen LogP contribution in [0.25, 0.3) is 0 Å². The summed E-state index contributed by atoms with van der Waals surface area (Å²) in [6.45, 7) is 5.90. The molecule has 0 spiro atoms. The Balaban J connectivity index is 1.38. The number of likely N-dealkylation sites (tertiary alicyclic amines) is 1. The van der Waals surface area contributed by atoms with Gasteiger partial charge in [0.25, 0.3) is 0 Å². The zero-order valence-electron chi connectivity index (χ0n) is 14.6. The topological polar surface area (TPSA) is 12.5 Å². The normalized spacial score (nSPS) is 25.1.